The molecule has 112 valence electrons. The Labute approximate surface area is 134 Å². The maximum Gasteiger partial charge on any atom is 0.127 e. The molecule has 1 fully saturated rings. The first-order valence-electron chi connectivity index (χ1n) is 7.40. The third kappa shape index (κ3) is 3.33. The highest BCUT2D eigenvalue weighted by Crippen LogP contribution is 2.47. The van der Waals surface area contributed by atoms with Crippen LogP contribution in [0.2, 0.25) is 0 Å². The summed E-state index contributed by atoms with van der Waals surface area (Å²) >= 11 is 3.52. The smallest absolute Gasteiger partial charge is 0.127 e. The Bertz CT molecular complexity index is 617. The molecule has 1 aromatic carbocycles. The second-order valence-corrected chi connectivity index (χ2v) is 6.93. The minimum absolute atomic E-state index is 0.00139. The molecule has 0 bridgehead atoms. The molecule has 2 aromatic rings. The first-order valence-corrected chi connectivity index (χ1v) is 8.19. The molecular formula is C17H21BrN2O. The van der Waals surface area contributed by atoms with Gasteiger partial charge in [0.2, 0.25) is 0 Å². The summed E-state index contributed by atoms with van der Waals surface area (Å²) in [5.74, 6) is 3.37. The lowest BCUT2D eigenvalue weighted by Crippen LogP contribution is -2.20. The SMILES string of the molecule is Cc1cc(Br)cc(NC(CN)c2ccc(C3CC3C)o2)c1. The molecule has 1 aliphatic rings. The summed E-state index contributed by atoms with van der Waals surface area (Å²) in [6, 6.07) is 10.4. The van der Waals surface area contributed by atoms with Gasteiger partial charge in [-0.1, -0.05) is 22.9 Å². The maximum atomic E-state index is 6.01. The van der Waals surface area contributed by atoms with Crippen molar-refractivity contribution >= 4 is 21.6 Å². The first-order chi connectivity index (χ1) is 10.1. The van der Waals surface area contributed by atoms with E-state index >= 15 is 0 Å². The largest absolute Gasteiger partial charge is 0.464 e. The number of anilines is 1. The van der Waals surface area contributed by atoms with Crippen molar-refractivity contribution in [2.45, 2.75) is 32.2 Å². The number of nitrogens with one attached hydrogen (secondary N) is 1. The average Bonchev–Trinajstić information content (AvgIpc) is 2.97. The Morgan fingerprint density at radius 1 is 1.38 bits per heavy atom. The van der Waals surface area contributed by atoms with E-state index in [2.05, 4.69) is 65.4 Å². The summed E-state index contributed by atoms with van der Waals surface area (Å²) in [5, 5.41) is 3.46. The van der Waals surface area contributed by atoms with Crippen molar-refractivity contribution in [2.75, 3.05) is 11.9 Å². The molecule has 1 aromatic heterocycles. The van der Waals surface area contributed by atoms with Gasteiger partial charge in [0.1, 0.15) is 11.5 Å². The van der Waals surface area contributed by atoms with Crippen LogP contribution in [0.25, 0.3) is 0 Å². The van der Waals surface area contributed by atoms with Gasteiger partial charge in [0.25, 0.3) is 0 Å². The van der Waals surface area contributed by atoms with Crippen LogP contribution in [0.1, 0.15) is 42.4 Å². The first kappa shape index (κ1) is 14.7. The zero-order chi connectivity index (χ0) is 15.0. The van der Waals surface area contributed by atoms with Crippen LogP contribution in [0.3, 0.4) is 0 Å². The number of aryl methyl sites for hydroxylation is 1. The molecule has 1 saturated carbocycles. The number of furan rings is 1. The van der Waals surface area contributed by atoms with Gasteiger partial charge in [-0.15, -0.1) is 0 Å². The van der Waals surface area contributed by atoms with Crippen molar-refractivity contribution in [1.29, 1.82) is 0 Å². The van der Waals surface area contributed by atoms with E-state index in [0.29, 0.717) is 12.5 Å². The Morgan fingerprint density at radius 3 is 2.76 bits per heavy atom. The third-order valence-electron chi connectivity index (χ3n) is 4.08. The molecule has 3 nitrogen and oxygen atoms in total. The number of rotatable bonds is 5. The van der Waals surface area contributed by atoms with E-state index in [1.165, 1.54) is 12.0 Å². The van der Waals surface area contributed by atoms with E-state index in [-0.39, 0.29) is 6.04 Å². The standard InChI is InChI=1S/C17H21BrN2O/c1-10-5-12(18)8-13(6-10)20-15(9-19)17-4-3-16(21-17)14-7-11(14)2/h3-6,8,11,14-15,20H,7,9,19H2,1-2H3. The molecule has 0 amide bonds. The van der Waals surface area contributed by atoms with Gasteiger partial charge >= 0.3 is 0 Å². The minimum Gasteiger partial charge on any atom is -0.464 e. The summed E-state index contributed by atoms with van der Waals surface area (Å²) in [4.78, 5) is 0. The van der Waals surface area contributed by atoms with Crippen LogP contribution in [0, 0.1) is 12.8 Å². The highest BCUT2D eigenvalue weighted by molar-refractivity contribution is 9.10. The molecule has 0 spiro atoms. The van der Waals surface area contributed by atoms with Crippen LogP contribution in [-0.2, 0) is 0 Å². The summed E-state index contributed by atoms with van der Waals surface area (Å²) in [6.07, 6.45) is 1.23. The molecule has 0 radical (unpaired) electrons. The molecule has 0 saturated heterocycles. The monoisotopic (exact) mass is 348 g/mol. The number of benzene rings is 1. The molecule has 3 atom stereocenters. The van der Waals surface area contributed by atoms with E-state index in [9.17, 15) is 0 Å². The van der Waals surface area contributed by atoms with Gasteiger partial charge in [-0.3, -0.25) is 0 Å². The fraction of sp³-hybridized carbons (Fsp3) is 0.412. The van der Waals surface area contributed by atoms with Crippen molar-refractivity contribution in [3.05, 3.63) is 51.9 Å². The lowest BCUT2D eigenvalue weighted by Gasteiger charge is -2.16. The Morgan fingerprint density at radius 2 is 2.14 bits per heavy atom. The van der Waals surface area contributed by atoms with Crippen molar-refractivity contribution in [3.8, 4) is 0 Å². The van der Waals surface area contributed by atoms with Crippen molar-refractivity contribution in [1.82, 2.24) is 0 Å². The predicted molar refractivity (Wildman–Crippen MR) is 89.5 cm³/mol. The molecular weight excluding hydrogens is 328 g/mol. The van der Waals surface area contributed by atoms with Gasteiger partial charge in [-0.2, -0.15) is 0 Å². The topological polar surface area (TPSA) is 51.2 Å². The maximum absolute atomic E-state index is 6.01. The van der Waals surface area contributed by atoms with Crippen LogP contribution < -0.4 is 11.1 Å². The quantitative estimate of drug-likeness (QED) is 0.830. The van der Waals surface area contributed by atoms with Crippen LogP contribution in [-0.4, -0.2) is 6.54 Å². The van der Waals surface area contributed by atoms with Gasteiger partial charge in [-0.25, -0.2) is 0 Å². The fourth-order valence-corrected chi connectivity index (χ4v) is 3.35. The average molecular weight is 349 g/mol. The van der Waals surface area contributed by atoms with Crippen molar-refractivity contribution in [3.63, 3.8) is 0 Å². The molecule has 3 N–H and O–H groups in total. The molecule has 21 heavy (non-hydrogen) atoms. The number of nitrogens with two attached hydrogens (primary N) is 1. The zero-order valence-electron chi connectivity index (χ0n) is 12.4. The van der Waals surface area contributed by atoms with E-state index in [4.69, 9.17) is 10.2 Å². The van der Waals surface area contributed by atoms with Crippen molar-refractivity contribution < 1.29 is 4.42 Å². The van der Waals surface area contributed by atoms with Crippen LogP contribution in [0.4, 0.5) is 5.69 Å². The molecule has 0 aliphatic heterocycles. The highest BCUT2D eigenvalue weighted by Gasteiger charge is 2.36. The zero-order valence-corrected chi connectivity index (χ0v) is 14.0. The normalized spacial score (nSPS) is 22.1. The summed E-state index contributed by atoms with van der Waals surface area (Å²) in [6.45, 7) is 4.83. The Balaban J connectivity index is 1.76. The minimum atomic E-state index is 0.00139. The summed E-state index contributed by atoms with van der Waals surface area (Å²) in [7, 11) is 0. The van der Waals surface area contributed by atoms with Crippen molar-refractivity contribution in [2.24, 2.45) is 11.7 Å². The number of hydrogen-bond acceptors (Lipinski definition) is 3. The number of hydrogen-bond donors (Lipinski definition) is 2. The van der Waals surface area contributed by atoms with Crippen LogP contribution in [0.15, 0.2) is 39.2 Å². The summed E-state index contributed by atoms with van der Waals surface area (Å²) in [5.41, 5.74) is 8.18. The fourth-order valence-electron chi connectivity index (χ4n) is 2.74. The predicted octanol–water partition coefficient (Wildman–Crippen LogP) is 4.59. The van der Waals surface area contributed by atoms with E-state index in [1.807, 2.05) is 0 Å². The van der Waals surface area contributed by atoms with Crippen LogP contribution in [0.5, 0.6) is 0 Å². The lowest BCUT2D eigenvalue weighted by molar-refractivity contribution is 0.441. The molecule has 1 heterocycles. The Kier molecular flexibility index (Phi) is 4.09. The Hall–Kier alpha value is -1.26. The van der Waals surface area contributed by atoms with Crippen LogP contribution >= 0.6 is 15.9 Å². The van der Waals surface area contributed by atoms with Gasteiger partial charge in [0, 0.05) is 22.6 Å². The molecule has 3 unspecified atom stereocenters. The van der Waals surface area contributed by atoms with E-state index in [1.54, 1.807) is 0 Å². The van der Waals surface area contributed by atoms with Gasteiger partial charge in [0.05, 0.1) is 6.04 Å². The van der Waals surface area contributed by atoms with E-state index in [0.717, 1.165) is 27.6 Å². The molecule has 4 heteroatoms. The molecule has 1 aliphatic carbocycles. The highest BCUT2D eigenvalue weighted by atomic mass is 79.9. The lowest BCUT2D eigenvalue weighted by atomic mass is 10.1. The number of halogens is 1. The van der Waals surface area contributed by atoms with Gasteiger partial charge in [-0.05, 0) is 55.2 Å². The summed E-state index contributed by atoms with van der Waals surface area (Å²) < 4.78 is 7.07. The third-order valence-corrected chi connectivity index (χ3v) is 4.54. The van der Waals surface area contributed by atoms with Gasteiger partial charge in [0.15, 0.2) is 0 Å². The van der Waals surface area contributed by atoms with Gasteiger partial charge < -0.3 is 15.5 Å². The molecule has 3 rings (SSSR count). The second kappa shape index (κ2) is 5.85. The van der Waals surface area contributed by atoms with E-state index < -0.39 is 0 Å². The second-order valence-electron chi connectivity index (χ2n) is 6.01.